The predicted molar refractivity (Wildman–Crippen MR) is 70.4 cm³/mol. The van der Waals surface area contributed by atoms with Gasteiger partial charge in [-0.15, -0.1) is 11.3 Å². The molecular formula is C14H20O2S. The van der Waals surface area contributed by atoms with Crippen molar-refractivity contribution < 1.29 is 9.90 Å². The Labute approximate surface area is 107 Å². The molecule has 1 saturated carbocycles. The van der Waals surface area contributed by atoms with Crippen LogP contribution in [0.15, 0.2) is 17.5 Å². The molecule has 1 fully saturated rings. The number of hydrogen-bond acceptors (Lipinski definition) is 2. The Hall–Kier alpha value is -0.830. The summed E-state index contributed by atoms with van der Waals surface area (Å²) in [7, 11) is 0. The lowest BCUT2D eigenvalue weighted by Gasteiger charge is -2.35. The highest BCUT2D eigenvalue weighted by Gasteiger charge is 2.37. The zero-order valence-corrected chi connectivity index (χ0v) is 11.2. The fourth-order valence-electron chi connectivity index (χ4n) is 2.92. The van der Waals surface area contributed by atoms with Crippen LogP contribution in [-0.4, -0.2) is 11.1 Å². The van der Waals surface area contributed by atoms with Crippen molar-refractivity contribution in [1.29, 1.82) is 0 Å². The zero-order valence-electron chi connectivity index (χ0n) is 10.4. The van der Waals surface area contributed by atoms with Crippen LogP contribution >= 0.6 is 11.3 Å². The van der Waals surface area contributed by atoms with E-state index in [0.717, 1.165) is 19.3 Å². The van der Waals surface area contributed by atoms with Crippen molar-refractivity contribution >= 4 is 17.3 Å². The van der Waals surface area contributed by atoms with Gasteiger partial charge in [0.15, 0.2) is 0 Å². The maximum Gasteiger partial charge on any atom is 0.307 e. The third-order valence-corrected chi connectivity index (χ3v) is 5.06. The van der Waals surface area contributed by atoms with Crippen molar-refractivity contribution in [2.24, 2.45) is 17.8 Å². The molecule has 1 aromatic rings. The Morgan fingerprint density at radius 1 is 1.47 bits per heavy atom. The van der Waals surface area contributed by atoms with Gasteiger partial charge in [-0.3, -0.25) is 4.79 Å². The minimum absolute atomic E-state index is 0.177. The quantitative estimate of drug-likeness (QED) is 0.883. The molecule has 0 aromatic carbocycles. The lowest BCUT2D eigenvalue weighted by atomic mass is 9.70. The number of aliphatic carboxylic acids is 1. The second-order valence-corrected chi connectivity index (χ2v) is 6.36. The first-order valence-electron chi connectivity index (χ1n) is 6.35. The first-order chi connectivity index (χ1) is 8.09. The standard InChI is InChI=1S/C14H20O2S/c1-9(2)10-5-6-11(14(15)16)12(8-10)13-4-3-7-17-13/h3-4,7,9-12H,5-6,8H2,1-2H3,(H,15,16). The summed E-state index contributed by atoms with van der Waals surface area (Å²) < 4.78 is 0. The molecule has 1 aliphatic carbocycles. The average Bonchev–Trinajstić information content (AvgIpc) is 2.81. The molecule has 0 spiro atoms. The van der Waals surface area contributed by atoms with Gasteiger partial charge in [0.05, 0.1) is 5.92 Å². The Balaban J connectivity index is 2.19. The number of carboxylic acids is 1. The van der Waals surface area contributed by atoms with E-state index in [-0.39, 0.29) is 11.8 Å². The molecular weight excluding hydrogens is 232 g/mol. The maximum absolute atomic E-state index is 11.3. The first-order valence-corrected chi connectivity index (χ1v) is 7.23. The van der Waals surface area contributed by atoms with Crippen LogP contribution in [-0.2, 0) is 4.79 Å². The molecule has 2 rings (SSSR count). The summed E-state index contributed by atoms with van der Waals surface area (Å²) in [5.41, 5.74) is 0. The maximum atomic E-state index is 11.3. The Morgan fingerprint density at radius 2 is 2.24 bits per heavy atom. The van der Waals surface area contributed by atoms with Gasteiger partial charge >= 0.3 is 5.97 Å². The van der Waals surface area contributed by atoms with Crippen molar-refractivity contribution in [3.63, 3.8) is 0 Å². The summed E-state index contributed by atoms with van der Waals surface area (Å²) in [4.78, 5) is 12.6. The van der Waals surface area contributed by atoms with E-state index in [1.807, 2.05) is 11.4 Å². The number of rotatable bonds is 3. The smallest absolute Gasteiger partial charge is 0.307 e. The molecule has 3 atom stereocenters. The summed E-state index contributed by atoms with van der Waals surface area (Å²) in [6, 6.07) is 4.12. The molecule has 2 nitrogen and oxygen atoms in total. The van der Waals surface area contributed by atoms with Gasteiger partial charge in [0, 0.05) is 10.8 Å². The van der Waals surface area contributed by atoms with Crippen LogP contribution in [0, 0.1) is 17.8 Å². The molecule has 1 aliphatic rings. The third-order valence-electron chi connectivity index (χ3n) is 4.06. The highest BCUT2D eigenvalue weighted by molar-refractivity contribution is 7.10. The van der Waals surface area contributed by atoms with E-state index in [1.54, 1.807) is 11.3 Å². The molecule has 0 saturated heterocycles. The fraction of sp³-hybridized carbons (Fsp3) is 0.643. The Morgan fingerprint density at radius 3 is 2.76 bits per heavy atom. The van der Waals surface area contributed by atoms with E-state index in [4.69, 9.17) is 0 Å². The fourth-order valence-corrected chi connectivity index (χ4v) is 3.83. The van der Waals surface area contributed by atoms with Crippen LogP contribution in [0.4, 0.5) is 0 Å². The topological polar surface area (TPSA) is 37.3 Å². The van der Waals surface area contributed by atoms with Gasteiger partial charge in [0.25, 0.3) is 0 Å². The van der Waals surface area contributed by atoms with Gasteiger partial charge in [0.2, 0.25) is 0 Å². The Bertz CT molecular complexity index is 370. The number of carboxylic acid groups (broad SMARTS) is 1. The van der Waals surface area contributed by atoms with E-state index in [0.29, 0.717) is 11.8 Å². The normalized spacial score (nSPS) is 29.5. The highest BCUT2D eigenvalue weighted by Crippen LogP contribution is 2.44. The number of hydrogen-bond donors (Lipinski definition) is 1. The molecule has 3 heteroatoms. The lowest BCUT2D eigenvalue weighted by molar-refractivity contribution is -0.144. The third kappa shape index (κ3) is 2.71. The monoisotopic (exact) mass is 252 g/mol. The van der Waals surface area contributed by atoms with Gasteiger partial charge in [-0.25, -0.2) is 0 Å². The van der Waals surface area contributed by atoms with Crippen molar-refractivity contribution in [2.45, 2.75) is 39.0 Å². The summed E-state index contributed by atoms with van der Waals surface area (Å²) in [5.74, 6) is 0.771. The number of carbonyl (C=O) groups is 1. The van der Waals surface area contributed by atoms with Crippen molar-refractivity contribution in [1.82, 2.24) is 0 Å². The highest BCUT2D eigenvalue weighted by atomic mass is 32.1. The summed E-state index contributed by atoms with van der Waals surface area (Å²) >= 11 is 1.70. The van der Waals surface area contributed by atoms with E-state index in [1.165, 1.54) is 4.88 Å². The molecule has 1 heterocycles. The number of thiophene rings is 1. The minimum Gasteiger partial charge on any atom is -0.481 e. The summed E-state index contributed by atoms with van der Waals surface area (Å²) in [5, 5.41) is 11.4. The molecule has 3 unspecified atom stereocenters. The minimum atomic E-state index is -0.620. The van der Waals surface area contributed by atoms with Crippen LogP contribution in [0.25, 0.3) is 0 Å². The summed E-state index contributed by atoms with van der Waals surface area (Å²) in [6.45, 7) is 4.49. The zero-order chi connectivity index (χ0) is 12.4. The average molecular weight is 252 g/mol. The molecule has 0 radical (unpaired) electrons. The van der Waals surface area contributed by atoms with Crippen LogP contribution < -0.4 is 0 Å². The molecule has 0 aliphatic heterocycles. The molecule has 17 heavy (non-hydrogen) atoms. The van der Waals surface area contributed by atoms with Crippen molar-refractivity contribution in [3.05, 3.63) is 22.4 Å². The SMILES string of the molecule is CC(C)C1CCC(C(=O)O)C(c2cccs2)C1. The van der Waals surface area contributed by atoms with Gasteiger partial charge in [-0.05, 0) is 42.5 Å². The second-order valence-electron chi connectivity index (χ2n) is 5.38. The molecule has 1 aromatic heterocycles. The van der Waals surface area contributed by atoms with E-state index >= 15 is 0 Å². The van der Waals surface area contributed by atoms with Crippen LogP contribution in [0.1, 0.15) is 43.9 Å². The molecule has 94 valence electrons. The van der Waals surface area contributed by atoms with Crippen LogP contribution in [0.2, 0.25) is 0 Å². The first kappa shape index (κ1) is 12.6. The van der Waals surface area contributed by atoms with Gasteiger partial charge < -0.3 is 5.11 Å². The predicted octanol–water partition coefficient (Wildman–Crippen LogP) is 3.99. The van der Waals surface area contributed by atoms with Crippen molar-refractivity contribution in [2.75, 3.05) is 0 Å². The van der Waals surface area contributed by atoms with Crippen molar-refractivity contribution in [3.8, 4) is 0 Å². The van der Waals surface area contributed by atoms with Crippen LogP contribution in [0.5, 0.6) is 0 Å². The lowest BCUT2D eigenvalue weighted by Crippen LogP contribution is -2.30. The van der Waals surface area contributed by atoms with E-state index in [9.17, 15) is 9.90 Å². The van der Waals surface area contributed by atoms with Gasteiger partial charge in [0.1, 0.15) is 0 Å². The van der Waals surface area contributed by atoms with Gasteiger partial charge in [-0.2, -0.15) is 0 Å². The van der Waals surface area contributed by atoms with Gasteiger partial charge in [-0.1, -0.05) is 19.9 Å². The van der Waals surface area contributed by atoms with E-state index < -0.39 is 5.97 Å². The molecule has 0 amide bonds. The second kappa shape index (κ2) is 5.21. The van der Waals surface area contributed by atoms with Crippen LogP contribution in [0.3, 0.4) is 0 Å². The molecule has 0 bridgehead atoms. The molecule has 1 N–H and O–H groups in total. The summed E-state index contributed by atoms with van der Waals surface area (Å²) in [6.07, 6.45) is 2.94. The largest absolute Gasteiger partial charge is 0.481 e. The Kier molecular flexibility index (Phi) is 3.87. The van der Waals surface area contributed by atoms with E-state index in [2.05, 4.69) is 19.9 Å².